The summed E-state index contributed by atoms with van der Waals surface area (Å²) in [5, 5.41) is 10.3. The van der Waals surface area contributed by atoms with E-state index >= 15 is 0 Å². The monoisotopic (exact) mass is 604 g/mol. The zero-order valence-corrected chi connectivity index (χ0v) is 28.5. The van der Waals surface area contributed by atoms with Crippen LogP contribution in [-0.4, -0.2) is 31.3 Å². The molecule has 228 valence electrons. The molecule has 0 aliphatic rings. The van der Waals surface area contributed by atoms with Gasteiger partial charge in [-0.15, -0.1) is 11.8 Å². The standard InChI is InChI=1S/C37H52O3SSi/c1-7-8-9-10-14-21-30(35(38)39)28-34(40-42(5,6)36(2,3)4)29-41-37(31-22-15-11-16-23-31,32-24-17-12-18-25-32)33-26-19-13-20-27-33/h11-13,15-20,22-27,30,34H,7-10,14,21,28-29H2,1-6H3,(H,38,39)/t30-,34-/m1/s1. The van der Waals surface area contributed by atoms with Gasteiger partial charge in [-0.05, 0) is 47.7 Å². The molecule has 0 fully saturated rings. The lowest BCUT2D eigenvalue weighted by molar-refractivity contribution is -0.143. The Bertz CT molecular complexity index is 1100. The van der Waals surface area contributed by atoms with Crippen molar-refractivity contribution < 1.29 is 14.3 Å². The number of hydrogen-bond acceptors (Lipinski definition) is 3. The van der Waals surface area contributed by atoms with Crippen LogP contribution in [0.2, 0.25) is 18.1 Å². The van der Waals surface area contributed by atoms with Gasteiger partial charge in [-0.2, -0.15) is 0 Å². The highest BCUT2D eigenvalue weighted by atomic mass is 32.2. The Morgan fingerprint density at radius 1 is 0.786 bits per heavy atom. The first kappa shape index (κ1) is 34.2. The van der Waals surface area contributed by atoms with Crippen LogP contribution in [0.5, 0.6) is 0 Å². The molecule has 0 bridgehead atoms. The second-order valence-electron chi connectivity index (χ2n) is 13.1. The van der Waals surface area contributed by atoms with Crippen molar-refractivity contribution in [1.82, 2.24) is 0 Å². The van der Waals surface area contributed by atoms with E-state index in [0.29, 0.717) is 18.6 Å². The summed E-state index contributed by atoms with van der Waals surface area (Å²) in [5.41, 5.74) is 3.64. The topological polar surface area (TPSA) is 46.5 Å². The molecule has 0 aliphatic heterocycles. The molecule has 42 heavy (non-hydrogen) atoms. The Hall–Kier alpha value is -2.34. The largest absolute Gasteiger partial charge is 0.481 e. The van der Waals surface area contributed by atoms with Gasteiger partial charge in [0, 0.05) is 5.75 Å². The number of rotatable bonds is 17. The maximum absolute atomic E-state index is 12.5. The summed E-state index contributed by atoms with van der Waals surface area (Å²) in [6.07, 6.45) is 6.72. The molecule has 0 heterocycles. The molecule has 3 nitrogen and oxygen atoms in total. The van der Waals surface area contributed by atoms with E-state index in [1.807, 2.05) is 11.8 Å². The first-order valence-electron chi connectivity index (χ1n) is 15.7. The van der Waals surface area contributed by atoms with Gasteiger partial charge in [0.1, 0.15) is 0 Å². The average Bonchev–Trinajstić information content (AvgIpc) is 2.97. The minimum Gasteiger partial charge on any atom is -0.481 e. The molecule has 3 rings (SSSR count). The van der Waals surface area contributed by atoms with Gasteiger partial charge in [0.05, 0.1) is 16.8 Å². The van der Waals surface area contributed by atoms with Crippen molar-refractivity contribution in [2.45, 2.75) is 102 Å². The van der Waals surface area contributed by atoms with Crippen LogP contribution in [0.1, 0.15) is 89.3 Å². The molecule has 0 saturated heterocycles. The number of carboxylic acid groups (broad SMARTS) is 1. The van der Waals surface area contributed by atoms with Gasteiger partial charge in [0.15, 0.2) is 8.32 Å². The molecule has 5 heteroatoms. The first-order chi connectivity index (χ1) is 20.0. The number of benzene rings is 3. The van der Waals surface area contributed by atoms with Crippen molar-refractivity contribution in [2.24, 2.45) is 5.92 Å². The third-order valence-electron chi connectivity index (χ3n) is 8.85. The van der Waals surface area contributed by atoms with Gasteiger partial charge < -0.3 is 9.53 Å². The highest BCUT2D eigenvalue weighted by molar-refractivity contribution is 8.00. The maximum Gasteiger partial charge on any atom is 0.306 e. The van der Waals surface area contributed by atoms with Crippen molar-refractivity contribution >= 4 is 26.0 Å². The molecule has 1 N–H and O–H groups in total. The molecule has 0 saturated carbocycles. The summed E-state index contributed by atoms with van der Waals surface area (Å²) >= 11 is 1.88. The lowest BCUT2D eigenvalue weighted by atomic mass is 9.84. The number of thioether (sulfide) groups is 1. The Kier molecular flexibility index (Phi) is 13.0. The highest BCUT2D eigenvalue weighted by Crippen LogP contribution is 2.49. The number of carbonyl (C=O) groups is 1. The van der Waals surface area contributed by atoms with E-state index in [-0.39, 0.29) is 11.1 Å². The number of hydrogen-bond donors (Lipinski definition) is 1. The van der Waals surface area contributed by atoms with Crippen LogP contribution in [-0.2, 0) is 14.0 Å². The highest BCUT2D eigenvalue weighted by Gasteiger charge is 2.42. The Morgan fingerprint density at radius 2 is 1.24 bits per heavy atom. The summed E-state index contributed by atoms with van der Waals surface area (Å²) in [4.78, 5) is 12.5. The Morgan fingerprint density at radius 3 is 1.64 bits per heavy atom. The average molecular weight is 605 g/mol. The van der Waals surface area contributed by atoms with Crippen LogP contribution < -0.4 is 0 Å². The molecular weight excluding hydrogens is 553 g/mol. The second kappa shape index (κ2) is 15.9. The smallest absolute Gasteiger partial charge is 0.306 e. The number of aliphatic carboxylic acids is 1. The van der Waals surface area contributed by atoms with Crippen LogP contribution >= 0.6 is 11.8 Å². The molecule has 0 unspecified atom stereocenters. The van der Waals surface area contributed by atoms with Gasteiger partial charge >= 0.3 is 5.97 Å². The SMILES string of the molecule is CCCCCCC[C@H](C[C@H](CSC(c1ccccc1)(c1ccccc1)c1ccccc1)O[Si](C)(C)C(C)(C)C)C(=O)O. The van der Waals surface area contributed by atoms with Crippen LogP contribution in [0, 0.1) is 5.92 Å². The molecule has 2 atom stereocenters. The van der Waals surface area contributed by atoms with Crippen molar-refractivity contribution in [3.05, 3.63) is 108 Å². The van der Waals surface area contributed by atoms with Gasteiger partial charge in [-0.1, -0.05) is 151 Å². The number of unbranched alkanes of at least 4 members (excludes halogenated alkanes) is 4. The second-order valence-corrected chi connectivity index (χ2v) is 19.1. The minimum absolute atomic E-state index is 0.0319. The zero-order chi connectivity index (χ0) is 30.6. The van der Waals surface area contributed by atoms with E-state index in [4.69, 9.17) is 4.43 Å². The third kappa shape index (κ3) is 9.08. The lowest BCUT2D eigenvalue weighted by Gasteiger charge is -2.41. The molecule has 0 aromatic heterocycles. The van der Waals surface area contributed by atoms with Crippen molar-refractivity contribution in [1.29, 1.82) is 0 Å². The summed E-state index contributed by atoms with van der Waals surface area (Å²) < 4.78 is 6.63. The zero-order valence-electron chi connectivity index (χ0n) is 26.6. The third-order valence-corrected chi connectivity index (χ3v) is 15.1. The first-order valence-corrected chi connectivity index (χ1v) is 19.6. The predicted molar refractivity (Wildman–Crippen MR) is 183 cm³/mol. The van der Waals surface area contributed by atoms with Crippen LogP contribution in [0.25, 0.3) is 0 Å². The fourth-order valence-electron chi connectivity index (χ4n) is 5.38. The fraction of sp³-hybridized carbons (Fsp3) is 0.486. The van der Waals surface area contributed by atoms with E-state index in [1.54, 1.807) is 0 Å². The van der Waals surface area contributed by atoms with Gasteiger partial charge in [-0.25, -0.2) is 0 Å². The van der Waals surface area contributed by atoms with Crippen LogP contribution in [0.4, 0.5) is 0 Å². The van der Waals surface area contributed by atoms with Gasteiger partial charge in [-0.3, -0.25) is 4.79 Å². The van der Waals surface area contributed by atoms with Crippen molar-refractivity contribution in [3.8, 4) is 0 Å². The van der Waals surface area contributed by atoms with Crippen molar-refractivity contribution in [2.75, 3.05) is 5.75 Å². The Balaban J connectivity index is 2.01. The molecular formula is C37H52O3SSi. The van der Waals surface area contributed by atoms with E-state index < -0.39 is 25.0 Å². The molecule has 0 spiro atoms. The quantitative estimate of drug-likeness (QED) is 0.0946. The molecule has 0 radical (unpaired) electrons. The van der Waals surface area contributed by atoms with Crippen LogP contribution in [0.15, 0.2) is 91.0 Å². The molecule has 3 aromatic rings. The molecule has 0 amide bonds. The van der Waals surface area contributed by atoms with Gasteiger partial charge in [0.25, 0.3) is 0 Å². The van der Waals surface area contributed by atoms with E-state index in [0.717, 1.165) is 12.8 Å². The van der Waals surface area contributed by atoms with E-state index in [1.165, 1.54) is 36.0 Å². The van der Waals surface area contributed by atoms with Crippen LogP contribution in [0.3, 0.4) is 0 Å². The molecule has 0 aliphatic carbocycles. The van der Waals surface area contributed by atoms with Gasteiger partial charge in [0.2, 0.25) is 0 Å². The predicted octanol–water partition coefficient (Wildman–Crippen LogP) is 10.6. The summed E-state index contributed by atoms with van der Waals surface area (Å²) in [6, 6.07) is 32.2. The summed E-state index contributed by atoms with van der Waals surface area (Å²) in [6.45, 7) is 13.5. The maximum atomic E-state index is 12.5. The summed E-state index contributed by atoms with van der Waals surface area (Å²) in [7, 11) is -2.16. The normalized spacial score (nSPS) is 14.0. The molecule has 3 aromatic carbocycles. The number of carboxylic acids is 1. The van der Waals surface area contributed by atoms with E-state index in [9.17, 15) is 9.90 Å². The van der Waals surface area contributed by atoms with E-state index in [2.05, 4.69) is 132 Å². The lowest BCUT2D eigenvalue weighted by Crippen LogP contribution is -2.45. The minimum atomic E-state index is -2.16. The fourth-order valence-corrected chi connectivity index (χ4v) is 8.42. The summed E-state index contributed by atoms with van der Waals surface area (Å²) in [5.74, 6) is -0.397. The van der Waals surface area contributed by atoms with Crippen molar-refractivity contribution in [3.63, 3.8) is 0 Å². The Labute approximate surface area is 260 Å².